The molecule has 11 rings (SSSR count). The zero-order valence-corrected chi connectivity index (χ0v) is 26.2. The zero-order chi connectivity index (χ0) is 31.5. The van der Waals surface area contributed by atoms with Gasteiger partial charge >= 0.3 is 0 Å². The van der Waals surface area contributed by atoms with E-state index in [0.29, 0.717) is 0 Å². The number of para-hydroxylation sites is 3. The number of benzene rings is 7. The second kappa shape index (κ2) is 9.44. The summed E-state index contributed by atoms with van der Waals surface area (Å²) in [6.07, 6.45) is 0. The minimum Gasteiger partial charge on any atom is -0.455 e. The average Bonchev–Trinajstić information content (AvgIpc) is 3.80. The Balaban J connectivity index is 1.22. The third-order valence-corrected chi connectivity index (χ3v) is 10.9. The summed E-state index contributed by atoms with van der Waals surface area (Å²) < 4.78 is 17.8. The van der Waals surface area contributed by atoms with Crippen LogP contribution in [0.5, 0.6) is 0 Å². The fraction of sp³-hybridized carbons (Fsp3) is 0. The molecule has 0 N–H and O–H groups in total. The molecule has 0 saturated heterocycles. The van der Waals surface area contributed by atoms with Crippen molar-refractivity contribution in [1.29, 1.82) is 0 Å². The lowest BCUT2D eigenvalue weighted by Crippen LogP contribution is -2.00. The van der Waals surface area contributed by atoms with Crippen molar-refractivity contribution in [2.24, 2.45) is 0 Å². The molecule has 0 unspecified atom stereocenters. The van der Waals surface area contributed by atoms with Crippen molar-refractivity contribution in [3.05, 3.63) is 150 Å². The summed E-state index contributed by atoms with van der Waals surface area (Å²) >= 11 is 1.62. The molecular formula is C43H23NO3S. The van der Waals surface area contributed by atoms with E-state index in [4.69, 9.17) is 8.83 Å². The second-order valence-corrected chi connectivity index (χ2v) is 13.5. The molecule has 11 aromatic rings. The van der Waals surface area contributed by atoms with Crippen molar-refractivity contribution in [2.75, 3.05) is 0 Å². The number of hydrogen-bond acceptors (Lipinski definition) is 4. The molecule has 48 heavy (non-hydrogen) atoms. The van der Waals surface area contributed by atoms with E-state index in [-0.39, 0.29) is 5.43 Å². The molecule has 0 amide bonds. The van der Waals surface area contributed by atoms with Crippen molar-refractivity contribution in [2.45, 2.75) is 0 Å². The standard InChI is InChI=1S/C43H23NO3S/c45-40-30-13-5-7-19-37(30)48-38-23-36-31(22-32(38)40)27-16-9-18-35(42(27)46-36)44-33-17-6-4-12-29(33)39-34(44)21-20-28-26-15-8-14-25(41(26)47-43(28)39)24-10-2-1-3-11-24/h1-23H. The molecule has 0 radical (unpaired) electrons. The Hall–Kier alpha value is -6.17. The zero-order valence-electron chi connectivity index (χ0n) is 25.4. The predicted octanol–water partition coefficient (Wildman–Crippen LogP) is 12.0. The van der Waals surface area contributed by atoms with Crippen LogP contribution in [0.4, 0.5) is 0 Å². The van der Waals surface area contributed by atoms with Gasteiger partial charge in [-0.15, -0.1) is 11.3 Å². The van der Waals surface area contributed by atoms with Crippen LogP contribution in [0.25, 0.3) is 103 Å². The number of hydrogen-bond donors (Lipinski definition) is 0. The molecule has 0 aliphatic carbocycles. The van der Waals surface area contributed by atoms with Gasteiger partial charge in [-0.05, 0) is 54.1 Å². The molecule has 4 nitrogen and oxygen atoms in total. The van der Waals surface area contributed by atoms with Crippen LogP contribution >= 0.6 is 11.3 Å². The average molecular weight is 634 g/mol. The van der Waals surface area contributed by atoms with E-state index in [1.165, 1.54) is 0 Å². The molecule has 0 bridgehead atoms. The Morgan fingerprint density at radius 1 is 0.479 bits per heavy atom. The van der Waals surface area contributed by atoms with E-state index >= 15 is 0 Å². The van der Waals surface area contributed by atoms with Gasteiger partial charge in [-0.3, -0.25) is 4.79 Å². The van der Waals surface area contributed by atoms with E-state index in [0.717, 1.165) is 103 Å². The highest BCUT2D eigenvalue weighted by Gasteiger charge is 2.22. The molecule has 7 aromatic carbocycles. The summed E-state index contributed by atoms with van der Waals surface area (Å²) in [5.41, 5.74) is 8.62. The van der Waals surface area contributed by atoms with Crippen LogP contribution in [-0.4, -0.2) is 4.57 Å². The summed E-state index contributed by atoms with van der Waals surface area (Å²) in [5.74, 6) is 0. The van der Waals surface area contributed by atoms with Gasteiger partial charge < -0.3 is 13.4 Å². The lowest BCUT2D eigenvalue weighted by molar-refractivity contribution is 0.667. The summed E-state index contributed by atoms with van der Waals surface area (Å²) in [7, 11) is 0. The van der Waals surface area contributed by atoms with Gasteiger partial charge in [0.25, 0.3) is 0 Å². The van der Waals surface area contributed by atoms with Crippen molar-refractivity contribution in [3.63, 3.8) is 0 Å². The molecule has 224 valence electrons. The van der Waals surface area contributed by atoms with E-state index < -0.39 is 0 Å². The molecule has 0 spiro atoms. The van der Waals surface area contributed by atoms with Crippen LogP contribution in [0.3, 0.4) is 0 Å². The minimum absolute atomic E-state index is 0.0550. The predicted molar refractivity (Wildman–Crippen MR) is 200 cm³/mol. The second-order valence-electron chi connectivity index (χ2n) is 12.4. The van der Waals surface area contributed by atoms with Crippen molar-refractivity contribution >= 4 is 97.2 Å². The third kappa shape index (κ3) is 3.40. The molecule has 0 saturated carbocycles. The fourth-order valence-electron chi connectivity index (χ4n) is 7.67. The first-order valence-corrected chi connectivity index (χ1v) is 16.8. The highest BCUT2D eigenvalue weighted by atomic mass is 32.1. The molecule has 0 fully saturated rings. The Labute approximate surface area is 276 Å². The van der Waals surface area contributed by atoms with Crippen LogP contribution in [-0.2, 0) is 0 Å². The number of nitrogens with zero attached hydrogens (tertiary/aromatic N) is 1. The molecule has 0 aliphatic rings. The summed E-state index contributed by atoms with van der Waals surface area (Å²) in [6, 6.07) is 47.8. The number of rotatable bonds is 2. The van der Waals surface area contributed by atoms with Crippen molar-refractivity contribution in [1.82, 2.24) is 4.57 Å². The number of fused-ring (bicyclic) bond motifs is 12. The van der Waals surface area contributed by atoms with Gasteiger partial charge in [0, 0.05) is 52.7 Å². The summed E-state index contributed by atoms with van der Waals surface area (Å²) in [4.78, 5) is 13.6. The number of aromatic nitrogens is 1. The van der Waals surface area contributed by atoms with E-state index in [1.54, 1.807) is 11.3 Å². The first kappa shape index (κ1) is 26.0. The monoisotopic (exact) mass is 633 g/mol. The molecule has 5 heteroatoms. The van der Waals surface area contributed by atoms with Gasteiger partial charge in [0.1, 0.15) is 16.7 Å². The summed E-state index contributed by atoms with van der Waals surface area (Å²) in [6.45, 7) is 0. The lowest BCUT2D eigenvalue weighted by Gasteiger charge is -2.08. The molecule has 4 heterocycles. The van der Waals surface area contributed by atoms with Crippen LogP contribution in [0.15, 0.2) is 153 Å². The first-order chi connectivity index (χ1) is 23.7. The van der Waals surface area contributed by atoms with Gasteiger partial charge in [-0.2, -0.15) is 0 Å². The van der Waals surface area contributed by atoms with E-state index in [1.807, 2.05) is 42.5 Å². The SMILES string of the molecule is O=c1c2ccccc2sc2cc3oc4c(-n5c6ccccc6c6c7oc8c(-c9ccccc9)cccc8c7ccc65)cccc4c3cc12. The lowest BCUT2D eigenvalue weighted by atomic mass is 10.0. The van der Waals surface area contributed by atoms with Crippen LogP contribution in [0.1, 0.15) is 0 Å². The Morgan fingerprint density at radius 3 is 2.10 bits per heavy atom. The van der Waals surface area contributed by atoms with Crippen LogP contribution < -0.4 is 5.43 Å². The van der Waals surface area contributed by atoms with E-state index in [2.05, 4.69) is 102 Å². The van der Waals surface area contributed by atoms with Gasteiger partial charge in [0.15, 0.2) is 11.0 Å². The number of furan rings is 2. The molecule has 0 aliphatic heterocycles. The fourth-order valence-corrected chi connectivity index (χ4v) is 8.75. The van der Waals surface area contributed by atoms with Crippen LogP contribution in [0.2, 0.25) is 0 Å². The largest absolute Gasteiger partial charge is 0.455 e. The highest BCUT2D eigenvalue weighted by molar-refractivity contribution is 7.24. The van der Waals surface area contributed by atoms with Gasteiger partial charge in [0.05, 0.1) is 22.1 Å². The maximum Gasteiger partial charge on any atom is 0.195 e. The van der Waals surface area contributed by atoms with Crippen LogP contribution in [0, 0.1) is 0 Å². The minimum atomic E-state index is 0.0550. The normalized spacial score (nSPS) is 12.2. The van der Waals surface area contributed by atoms with Crippen molar-refractivity contribution < 1.29 is 8.83 Å². The maximum absolute atomic E-state index is 13.6. The van der Waals surface area contributed by atoms with Gasteiger partial charge in [0.2, 0.25) is 0 Å². The summed E-state index contributed by atoms with van der Waals surface area (Å²) in [5, 5.41) is 7.76. The van der Waals surface area contributed by atoms with Crippen molar-refractivity contribution in [3.8, 4) is 16.8 Å². The topological polar surface area (TPSA) is 48.3 Å². The molecular weight excluding hydrogens is 611 g/mol. The third-order valence-electron chi connectivity index (χ3n) is 9.80. The molecule has 4 aromatic heterocycles. The molecule has 0 atom stereocenters. The highest BCUT2D eigenvalue weighted by Crippen LogP contribution is 2.44. The first-order valence-electron chi connectivity index (χ1n) is 16.0. The quantitative estimate of drug-likeness (QED) is 0.178. The van der Waals surface area contributed by atoms with Gasteiger partial charge in [-0.25, -0.2) is 0 Å². The Morgan fingerprint density at radius 2 is 1.21 bits per heavy atom. The maximum atomic E-state index is 13.6. The Kier molecular flexibility index (Phi) is 5.11. The van der Waals surface area contributed by atoms with Gasteiger partial charge in [-0.1, -0.05) is 91.0 Å². The Bertz CT molecular complexity index is 3200. The van der Waals surface area contributed by atoms with E-state index in [9.17, 15) is 4.79 Å². The smallest absolute Gasteiger partial charge is 0.195 e.